The molecule has 0 atom stereocenters. The highest BCUT2D eigenvalue weighted by Crippen LogP contribution is 2.14. The Morgan fingerprint density at radius 3 is 2.44 bits per heavy atom. The molecule has 7 heteroatoms. The van der Waals surface area contributed by atoms with Crippen molar-refractivity contribution in [2.45, 2.75) is 20.4 Å². The van der Waals surface area contributed by atoms with E-state index in [4.69, 9.17) is 8.94 Å². The zero-order valence-corrected chi connectivity index (χ0v) is 13.8. The lowest BCUT2D eigenvalue weighted by atomic mass is 10.1. The Kier molecular flexibility index (Phi) is 4.65. The predicted octanol–water partition coefficient (Wildman–Crippen LogP) is 3.07. The van der Waals surface area contributed by atoms with Crippen molar-refractivity contribution in [3.05, 3.63) is 71.0 Å². The fourth-order valence-electron chi connectivity index (χ4n) is 2.38. The lowest BCUT2D eigenvalue weighted by molar-refractivity contribution is 0.0947. The Labute approximate surface area is 144 Å². The lowest BCUT2D eigenvalue weighted by Gasteiger charge is -2.07. The number of nitrogens with one attached hydrogen (secondary N) is 2. The molecule has 0 radical (unpaired) electrons. The van der Waals surface area contributed by atoms with Crippen LogP contribution in [0.25, 0.3) is 0 Å². The average molecular weight is 339 g/mol. The highest BCUT2D eigenvalue weighted by atomic mass is 16.5. The van der Waals surface area contributed by atoms with Crippen molar-refractivity contribution >= 4 is 17.5 Å². The maximum absolute atomic E-state index is 12.2. The molecule has 0 saturated heterocycles. The SMILES string of the molecule is Cc1noc(C)c1C(=O)NCc1ccc(NC(=O)c2ccco2)cc1. The summed E-state index contributed by atoms with van der Waals surface area (Å²) in [7, 11) is 0. The highest BCUT2D eigenvalue weighted by Gasteiger charge is 2.17. The second-order valence-corrected chi connectivity index (χ2v) is 5.51. The Bertz CT molecular complexity index is 860. The van der Waals surface area contributed by atoms with Crippen molar-refractivity contribution < 1.29 is 18.5 Å². The number of hydrogen-bond donors (Lipinski definition) is 2. The van der Waals surface area contributed by atoms with Gasteiger partial charge in [-0.1, -0.05) is 17.3 Å². The minimum Gasteiger partial charge on any atom is -0.459 e. The van der Waals surface area contributed by atoms with Crippen LogP contribution in [-0.2, 0) is 6.54 Å². The van der Waals surface area contributed by atoms with E-state index in [0.29, 0.717) is 29.2 Å². The molecule has 3 aromatic rings. The molecule has 25 heavy (non-hydrogen) atoms. The quantitative estimate of drug-likeness (QED) is 0.744. The van der Waals surface area contributed by atoms with Gasteiger partial charge in [-0.3, -0.25) is 9.59 Å². The Morgan fingerprint density at radius 2 is 1.84 bits per heavy atom. The van der Waals surface area contributed by atoms with E-state index in [9.17, 15) is 9.59 Å². The third kappa shape index (κ3) is 3.77. The van der Waals surface area contributed by atoms with Crippen LogP contribution in [-0.4, -0.2) is 17.0 Å². The molecule has 0 unspecified atom stereocenters. The summed E-state index contributed by atoms with van der Waals surface area (Å²) >= 11 is 0. The summed E-state index contributed by atoms with van der Waals surface area (Å²) in [6.07, 6.45) is 1.44. The van der Waals surface area contributed by atoms with Crippen molar-refractivity contribution in [2.75, 3.05) is 5.32 Å². The third-order valence-corrected chi connectivity index (χ3v) is 3.67. The zero-order valence-electron chi connectivity index (χ0n) is 13.8. The molecule has 0 fully saturated rings. The van der Waals surface area contributed by atoms with Crippen molar-refractivity contribution in [2.24, 2.45) is 0 Å². The number of hydrogen-bond acceptors (Lipinski definition) is 5. The van der Waals surface area contributed by atoms with E-state index in [1.807, 2.05) is 12.1 Å². The molecular weight excluding hydrogens is 322 g/mol. The molecule has 2 heterocycles. The number of aromatic nitrogens is 1. The fraction of sp³-hybridized carbons (Fsp3) is 0.167. The number of aryl methyl sites for hydroxylation is 2. The van der Waals surface area contributed by atoms with Crippen molar-refractivity contribution in [1.29, 1.82) is 0 Å². The summed E-state index contributed by atoms with van der Waals surface area (Å²) in [5.41, 5.74) is 2.56. The molecule has 0 aliphatic rings. The van der Waals surface area contributed by atoms with E-state index < -0.39 is 0 Å². The second-order valence-electron chi connectivity index (χ2n) is 5.51. The zero-order chi connectivity index (χ0) is 17.8. The Morgan fingerprint density at radius 1 is 1.08 bits per heavy atom. The summed E-state index contributed by atoms with van der Waals surface area (Å²) < 4.78 is 10.0. The molecule has 2 aromatic heterocycles. The minimum absolute atomic E-state index is 0.230. The van der Waals surface area contributed by atoms with Crippen LogP contribution in [0.15, 0.2) is 51.6 Å². The van der Waals surface area contributed by atoms with Gasteiger partial charge >= 0.3 is 0 Å². The lowest BCUT2D eigenvalue weighted by Crippen LogP contribution is -2.23. The summed E-state index contributed by atoms with van der Waals surface area (Å²) in [5, 5.41) is 9.33. The number of furan rings is 1. The van der Waals surface area contributed by atoms with Gasteiger partial charge in [0.05, 0.1) is 12.0 Å². The van der Waals surface area contributed by atoms with Gasteiger partial charge in [-0.05, 0) is 43.7 Å². The van der Waals surface area contributed by atoms with E-state index in [1.165, 1.54) is 6.26 Å². The highest BCUT2D eigenvalue weighted by molar-refractivity contribution is 6.02. The molecule has 0 spiro atoms. The monoisotopic (exact) mass is 339 g/mol. The fourth-order valence-corrected chi connectivity index (χ4v) is 2.38. The number of amides is 2. The first-order valence-corrected chi connectivity index (χ1v) is 7.69. The van der Waals surface area contributed by atoms with Gasteiger partial charge in [0.1, 0.15) is 11.3 Å². The smallest absolute Gasteiger partial charge is 0.291 e. The van der Waals surface area contributed by atoms with Gasteiger partial charge in [-0.15, -0.1) is 0 Å². The van der Waals surface area contributed by atoms with Gasteiger partial charge in [-0.25, -0.2) is 0 Å². The first-order chi connectivity index (χ1) is 12.0. The van der Waals surface area contributed by atoms with Gasteiger partial charge in [0.2, 0.25) is 0 Å². The molecule has 1 aromatic carbocycles. The maximum Gasteiger partial charge on any atom is 0.291 e. The molecule has 7 nitrogen and oxygen atoms in total. The number of anilines is 1. The number of rotatable bonds is 5. The largest absolute Gasteiger partial charge is 0.459 e. The van der Waals surface area contributed by atoms with Gasteiger partial charge in [-0.2, -0.15) is 0 Å². The van der Waals surface area contributed by atoms with Crippen LogP contribution in [0.2, 0.25) is 0 Å². The number of carbonyl (C=O) groups is 2. The van der Waals surface area contributed by atoms with E-state index in [0.717, 1.165) is 5.56 Å². The summed E-state index contributed by atoms with van der Waals surface area (Å²) in [6, 6.07) is 10.4. The second kappa shape index (κ2) is 7.04. The summed E-state index contributed by atoms with van der Waals surface area (Å²) in [4.78, 5) is 24.1. The molecule has 2 N–H and O–H groups in total. The Hall–Kier alpha value is -3.35. The van der Waals surface area contributed by atoms with Crippen LogP contribution >= 0.6 is 0 Å². The normalized spacial score (nSPS) is 10.5. The predicted molar refractivity (Wildman–Crippen MR) is 90.3 cm³/mol. The van der Waals surface area contributed by atoms with E-state index in [2.05, 4.69) is 15.8 Å². The molecule has 0 bridgehead atoms. The first-order valence-electron chi connectivity index (χ1n) is 7.69. The maximum atomic E-state index is 12.2. The van der Waals surface area contributed by atoms with E-state index in [1.54, 1.807) is 38.1 Å². The van der Waals surface area contributed by atoms with Gasteiger partial charge in [0.25, 0.3) is 11.8 Å². The van der Waals surface area contributed by atoms with Crippen molar-refractivity contribution in [3.8, 4) is 0 Å². The van der Waals surface area contributed by atoms with Crippen molar-refractivity contribution in [3.63, 3.8) is 0 Å². The van der Waals surface area contributed by atoms with Crippen LogP contribution in [0.3, 0.4) is 0 Å². The number of carbonyl (C=O) groups excluding carboxylic acids is 2. The van der Waals surface area contributed by atoms with Crippen LogP contribution in [0, 0.1) is 13.8 Å². The first kappa shape index (κ1) is 16.5. The minimum atomic E-state index is -0.315. The van der Waals surface area contributed by atoms with Crippen LogP contribution in [0.4, 0.5) is 5.69 Å². The summed E-state index contributed by atoms with van der Waals surface area (Å²) in [6.45, 7) is 3.78. The van der Waals surface area contributed by atoms with Crippen LogP contribution < -0.4 is 10.6 Å². The van der Waals surface area contributed by atoms with E-state index >= 15 is 0 Å². The molecule has 3 rings (SSSR count). The molecule has 128 valence electrons. The third-order valence-electron chi connectivity index (χ3n) is 3.67. The van der Waals surface area contributed by atoms with E-state index in [-0.39, 0.29) is 17.6 Å². The molecular formula is C18H17N3O4. The number of benzene rings is 1. The molecule has 0 aliphatic carbocycles. The molecule has 2 amide bonds. The van der Waals surface area contributed by atoms with Gasteiger partial charge in [0, 0.05) is 12.2 Å². The Balaban J connectivity index is 1.58. The van der Waals surface area contributed by atoms with Crippen molar-refractivity contribution in [1.82, 2.24) is 10.5 Å². The van der Waals surface area contributed by atoms with Crippen LogP contribution in [0.5, 0.6) is 0 Å². The van der Waals surface area contributed by atoms with Crippen LogP contribution in [0.1, 0.15) is 37.9 Å². The van der Waals surface area contributed by atoms with Gasteiger partial charge < -0.3 is 19.6 Å². The summed E-state index contributed by atoms with van der Waals surface area (Å²) in [5.74, 6) is 0.192. The number of nitrogens with zero attached hydrogens (tertiary/aromatic N) is 1. The average Bonchev–Trinajstić information content (AvgIpc) is 3.24. The topological polar surface area (TPSA) is 97.4 Å². The molecule has 0 aliphatic heterocycles. The molecule has 0 saturated carbocycles. The van der Waals surface area contributed by atoms with Gasteiger partial charge in [0.15, 0.2) is 5.76 Å². The standard InChI is InChI=1S/C18H17N3O4/c1-11-16(12(2)25-21-11)18(23)19-10-13-5-7-14(8-6-13)20-17(22)15-4-3-9-24-15/h3-9H,10H2,1-2H3,(H,19,23)(H,20,22).